The molecule has 0 fully saturated rings. The van der Waals surface area contributed by atoms with Crippen LogP contribution in [-0.2, 0) is 6.54 Å². The predicted molar refractivity (Wildman–Crippen MR) is 80.9 cm³/mol. The average Bonchev–Trinajstić information content (AvgIpc) is 2.81. The number of aryl methyl sites for hydroxylation is 3. The van der Waals surface area contributed by atoms with Gasteiger partial charge in [0.25, 0.3) is 0 Å². The van der Waals surface area contributed by atoms with Gasteiger partial charge in [-0.15, -0.1) is 0 Å². The summed E-state index contributed by atoms with van der Waals surface area (Å²) in [4.78, 5) is 8.85. The Morgan fingerprint density at radius 3 is 2.71 bits per heavy atom. The van der Waals surface area contributed by atoms with Gasteiger partial charge in [-0.05, 0) is 44.5 Å². The molecule has 2 aromatic heterocycles. The molecule has 0 bridgehead atoms. The van der Waals surface area contributed by atoms with E-state index in [9.17, 15) is 4.39 Å². The topological polar surface area (TPSA) is 42.2 Å². The summed E-state index contributed by atoms with van der Waals surface area (Å²) in [6.45, 7) is 6.29. The minimum Gasteiger partial charge on any atom is -0.377 e. The van der Waals surface area contributed by atoms with Crippen molar-refractivity contribution in [3.05, 3.63) is 58.9 Å². The van der Waals surface area contributed by atoms with Crippen molar-refractivity contribution in [1.82, 2.24) is 14.4 Å². The Morgan fingerprint density at radius 1 is 1.14 bits per heavy atom. The van der Waals surface area contributed by atoms with E-state index in [-0.39, 0.29) is 5.82 Å². The lowest BCUT2D eigenvalue weighted by atomic mass is 10.2. The fourth-order valence-corrected chi connectivity index (χ4v) is 2.35. The molecule has 0 saturated heterocycles. The second kappa shape index (κ2) is 5.16. The normalized spacial score (nSPS) is 11.0. The molecule has 21 heavy (non-hydrogen) atoms. The number of hydrogen-bond acceptors (Lipinski definition) is 3. The van der Waals surface area contributed by atoms with Gasteiger partial charge >= 0.3 is 0 Å². The molecule has 108 valence electrons. The first kappa shape index (κ1) is 13.5. The molecule has 0 spiro atoms. The Kier molecular flexibility index (Phi) is 3.33. The van der Waals surface area contributed by atoms with Crippen molar-refractivity contribution in [1.29, 1.82) is 0 Å². The van der Waals surface area contributed by atoms with Gasteiger partial charge in [0.15, 0.2) is 0 Å². The van der Waals surface area contributed by atoms with Gasteiger partial charge in [-0.3, -0.25) is 4.40 Å². The van der Waals surface area contributed by atoms with Crippen molar-refractivity contribution in [3.8, 4) is 0 Å². The molecule has 5 heteroatoms. The van der Waals surface area contributed by atoms with E-state index < -0.39 is 0 Å². The van der Waals surface area contributed by atoms with E-state index in [0.717, 1.165) is 22.6 Å². The number of fused-ring (bicyclic) bond motifs is 1. The Morgan fingerprint density at radius 2 is 1.95 bits per heavy atom. The van der Waals surface area contributed by atoms with Gasteiger partial charge in [0.1, 0.15) is 5.82 Å². The molecule has 0 amide bonds. The lowest BCUT2D eigenvalue weighted by Crippen LogP contribution is -2.01. The van der Waals surface area contributed by atoms with Gasteiger partial charge in [0.05, 0.1) is 17.9 Å². The zero-order chi connectivity index (χ0) is 15.0. The monoisotopic (exact) mass is 284 g/mol. The standard InChI is InChI=1S/C16H17FN4/c1-10-4-5-15(14(17)6-10)18-8-13-9-21-12(3)7-11(2)19-16(21)20-13/h4-7,9,18H,8H2,1-3H3. The highest BCUT2D eigenvalue weighted by atomic mass is 19.1. The van der Waals surface area contributed by atoms with Gasteiger partial charge < -0.3 is 5.32 Å². The van der Waals surface area contributed by atoms with E-state index in [1.807, 2.05) is 43.5 Å². The van der Waals surface area contributed by atoms with Gasteiger partial charge in [-0.1, -0.05) is 6.07 Å². The summed E-state index contributed by atoms with van der Waals surface area (Å²) in [5, 5.41) is 3.07. The van der Waals surface area contributed by atoms with Gasteiger partial charge in [-0.25, -0.2) is 14.4 Å². The van der Waals surface area contributed by atoms with E-state index in [1.54, 1.807) is 6.07 Å². The summed E-state index contributed by atoms with van der Waals surface area (Å²) >= 11 is 0. The van der Waals surface area contributed by atoms with Gasteiger partial charge in [0.2, 0.25) is 5.78 Å². The van der Waals surface area contributed by atoms with Crippen LogP contribution in [-0.4, -0.2) is 14.4 Å². The highest BCUT2D eigenvalue weighted by Crippen LogP contribution is 2.16. The number of anilines is 1. The quantitative estimate of drug-likeness (QED) is 0.801. The number of imidazole rings is 1. The van der Waals surface area contributed by atoms with Crippen LogP contribution in [0, 0.1) is 26.6 Å². The fraction of sp³-hybridized carbons (Fsp3) is 0.250. The fourth-order valence-electron chi connectivity index (χ4n) is 2.35. The molecule has 4 nitrogen and oxygen atoms in total. The molecule has 0 aliphatic rings. The molecule has 1 N–H and O–H groups in total. The third-order valence-electron chi connectivity index (χ3n) is 3.40. The summed E-state index contributed by atoms with van der Waals surface area (Å²) in [7, 11) is 0. The maximum absolute atomic E-state index is 13.8. The van der Waals surface area contributed by atoms with E-state index in [0.29, 0.717) is 18.0 Å². The molecule has 1 aromatic carbocycles. The third kappa shape index (κ3) is 2.72. The zero-order valence-corrected chi connectivity index (χ0v) is 12.3. The number of rotatable bonds is 3. The van der Waals surface area contributed by atoms with Crippen LogP contribution in [0.4, 0.5) is 10.1 Å². The molecule has 0 saturated carbocycles. The molecule has 2 heterocycles. The SMILES string of the molecule is Cc1ccc(NCc2cn3c(C)cc(C)nc3n2)c(F)c1. The summed E-state index contributed by atoms with van der Waals surface area (Å²) < 4.78 is 15.7. The Labute approximate surface area is 122 Å². The summed E-state index contributed by atoms with van der Waals surface area (Å²) in [5.41, 5.74) is 4.24. The second-order valence-corrected chi connectivity index (χ2v) is 5.28. The molecular weight excluding hydrogens is 267 g/mol. The minimum absolute atomic E-state index is 0.246. The Bertz CT molecular complexity index is 807. The van der Waals surface area contributed by atoms with Crippen molar-refractivity contribution in [2.75, 3.05) is 5.32 Å². The van der Waals surface area contributed by atoms with Gasteiger partial charge in [-0.2, -0.15) is 0 Å². The van der Waals surface area contributed by atoms with Crippen LogP contribution in [0.5, 0.6) is 0 Å². The van der Waals surface area contributed by atoms with Crippen LogP contribution >= 0.6 is 0 Å². The van der Waals surface area contributed by atoms with E-state index in [1.165, 1.54) is 6.07 Å². The maximum Gasteiger partial charge on any atom is 0.234 e. The van der Waals surface area contributed by atoms with Crippen molar-refractivity contribution < 1.29 is 4.39 Å². The summed E-state index contributed by atoms with van der Waals surface area (Å²) in [5.74, 6) is 0.428. The number of aromatic nitrogens is 3. The van der Waals surface area contributed by atoms with Crippen LogP contribution in [0.15, 0.2) is 30.5 Å². The number of nitrogens with one attached hydrogen (secondary N) is 1. The average molecular weight is 284 g/mol. The van der Waals surface area contributed by atoms with Crippen molar-refractivity contribution >= 4 is 11.5 Å². The van der Waals surface area contributed by atoms with Crippen LogP contribution in [0.25, 0.3) is 5.78 Å². The number of nitrogens with zero attached hydrogens (tertiary/aromatic N) is 3. The Balaban J connectivity index is 1.83. The summed E-state index contributed by atoms with van der Waals surface area (Å²) in [6.07, 6.45) is 1.93. The van der Waals surface area contributed by atoms with Crippen molar-refractivity contribution in [3.63, 3.8) is 0 Å². The molecule has 3 aromatic rings. The van der Waals surface area contributed by atoms with E-state index >= 15 is 0 Å². The number of halogens is 1. The molecule has 0 aliphatic carbocycles. The molecule has 0 atom stereocenters. The smallest absolute Gasteiger partial charge is 0.234 e. The first-order valence-corrected chi connectivity index (χ1v) is 6.85. The van der Waals surface area contributed by atoms with Gasteiger partial charge in [0, 0.05) is 17.6 Å². The summed E-state index contributed by atoms with van der Waals surface area (Å²) in [6, 6.07) is 7.14. The van der Waals surface area contributed by atoms with Crippen molar-refractivity contribution in [2.45, 2.75) is 27.3 Å². The zero-order valence-electron chi connectivity index (χ0n) is 12.3. The van der Waals surface area contributed by atoms with Crippen molar-refractivity contribution in [2.24, 2.45) is 0 Å². The predicted octanol–water partition coefficient (Wildman–Crippen LogP) is 3.41. The van der Waals surface area contributed by atoms with Crippen LogP contribution < -0.4 is 5.32 Å². The molecule has 0 radical (unpaired) electrons. The molecule has 3 rings (SSSR count). The second-order valence-electron chi connectivity index (χ2n) is 5.28. The largest absolute Gasteiger partial charge is 0.377 e. The highest BCUT2D eigenvalue weighted by Gasteiger charge is 2.07. The van der Waals surface area contributed by atoms with Crippen LogP contribution in [0.1, 0.15) is 22.6 Å². The lowest BCUT2D eigenvalue weighted by molar-refractivity contribution is 0.629. The number of hydrogen-bond donors (Lipinski definition) is 1. The van der Waals surface area contributed by atoms with E-state index in [2.05, 4.69) is 15.3 Å². The third-order valence-corrected chi connectivity index (χ3v) is 3.40. The van der Waals surface area contributed by atoms with E-state index in [4.69, 9.17) is 0 Å². The molecule has 0 aliphatic heterocycles. The number of benzene rings is 1. The first-order chi connectivity index (χ1) is 10.0. The maximum atomic E-state index is 13.8. The van der Waals surface area contributed by atoms with Crippen LogP contribution in [0.3, 0.4) is 0 Å². The minimum atomic E-state index is -0.246. The lowest BCUT2D eigenvalue weighted by Gasteiger charge is -2.06. The first-order valence-electron chi connectivity index (χ1n) is 6.85. The van der Waals surface area contributed by atoms with Crippen LogP contribution in [0.2, 0.25) is 0 Å². The highest BCUT2D eigenvalue weighted by molar-refractivity contribution is 5.46. The molecular formula is C16H17FN4. The molecule has 0 unspecified atom stereocenters. The Hall–Kier alpha value is -2.43.